The first kappa shape index (κ1) is 21.7. The lowest BCUT2D eigenvalue weighted by atomic mass is 10.1. The van der Waals surface area contributed by atoms with Crippen LogP contribution in [0.2, 0.25) is 0 Å². The van der Waals surface area contributed by atoms with Crippen molar-refractivity contribution in [2.75, 3.05) is 13.2 Å². The zero-order valence-electron chi connectivity index (χ0n) is 17.0. The Morgan fingerprint density at radius 3 is 2.56 bits per heavy atom. The van der Waals surface area contributed by atoms with E-state index in [9.17, 15) is 22.8 Å². The summed E-state index contributed by atoms with van der Waals surface area (Å²) in [5.41, 5.74) is -0.984. The number of para-hydroxylation sites is 1. The average molecular weight is 446 g/mol. The highest BCUT2D eigenvalue weighted by Crippen LogP contribution is 2.37. The molecule has 1 fully saturated rings. The van der Waals surface area contributed by atoms with Crippen LogP contribution in [-0.2, 0) is 17.5 Å². The van der Waals surface area contributed by atoms with E-state index in [-0.39, 0.29) is 43.0 Å². The number of amides is 1. The molecule has 10 heteroatoms. The molecule has 1 saturated carbocycles. The van der Waals surface area contributed by atoms with Crippen molar-refractivity contribution in [2.24, 2.45) is 0 Å². The minimum absolute atomic E-state index is 0.0744. The maximum absolute atomic E-state index is 13.1. The Kier molecular flexibility index (Phi) is 6.02. The molecule has 7 nitrogen and oxygen atoms in total. The third kappa shape index (κ3) is 5.01. The van der Waals surface area contributed by atoms with Gasteiger partial charge in [-0.2, -0.15) is 13.2 Å². The smallest absolute Gasteiger partial charge is 0.416 e. The van der Waals surface area contributed by atoms with Crippen molar-refractivity contribution in [2.45, 2.75) is 31.6 Å². The van der Waals surface area contributed by atoms with Gasteiger partial charge < -0.3 is 10.1 Å². The van der Waals surface area contributed by atoms with Crippen molar-refractivity contribution >= 4 is 5.91 Å². The van der Waals surface area contributed by atoms with Crippen LogP contribution in [0.3, 0.4) is 0 Å². The summed E-state index contributed by atoms with van der Waals surface area (Å²) < 4.78 is 47.3. The topological polar surface area (TPSA) is 78.2 Å². The van der Waals surface area contributed by atoms with Crippen molar-refractivity contribution in [3.8, 4) is 17.1 Å². The lowest BCUT2D eigenvalue weighted by Crippen LogP contribution is -2.34. The van der Waals surface area contributed by atoms with Gasteiger partial charge in [-0.05, 0) is 37.1 Å². The van der Waals surface area contributed by atoms with Gasteiger partial charge in [0.05, 0.1) is 12.1 Å². The molecule has 0 atom stereocenters. The molecule has 1 heterocycles. The molecule has 32 heavy (non-hydrogen) atoms. The SMILES string of the molecule is O=C(COc1ccccc1)NCCn1nc(-c2cccc(C(F)(F)F)c2)n(C2CC2)c1=O. The molecule has 1 N–H and O–H groups in total. The molecule has 0 radical (unpaired) electrons. The lowest BCUT2D eigenvalue weighted by Gasteiger charge is -2.09. The molecule has 3 aromatic rings. The van der Waals surface area contributed by atoms with E-state index in [1.165, 1.54) is 21.4 Å². The van der Waals surface area contributed by atoms with E-state index in [2.05, 4.69) is 10.4 Å². The number of nitrogens with zero attached hydrogens (tertiary/aromatic N) is 3. The van der Waals surface area contributed by atoms with Gasteiger partial charge in [0.1, 0.15) is 5.75 Å². The van der Waals surface area contributed by atoms with Crippen LogP contribution in [0.5, 0.6) is 5.75 Å². The van der Waals surface area contributed by atoms with Crippen LogP contribution in [0.1, 0.15) is 24.4 Å². The molecule has 1 aliphatic rings. The predicted molar refractivity (Wildman–Crippen MR) is 110 cm³/mol. The van der Waals surface area contributed by atoms with Crippen molar-refractivity contribution in [1.82, 2.24) is 19.7 Å². The maximum Gasteiger partial charge on any atom is 0.416 e. The van der Waals surface area contributed by atoms with E-state index in [4.69, 9.17) is 4.74 Å². The predicted octanol–water partition coefficient (Wildman–Crippen LogP) is 3.26. The van der Waals surface area contributed by atoms with Gasteiger partial charge in [-0.25, -0.2) is 9.48 Å². The molecule has 1 aromatic heterocycles. The molecule has 0 saturated heterocycles. The zero-order valence-corrected chi connectivity index (χ0v) is 17.0. The maximum atomic E-state index is 13.1. The van der Waals surface area contributed by atoms with E-state index in [0.29, 0.717) is 5.75 Å². The lowest BCUT2D eigenvalue weighted by molar-refractivity contribution is -0.137. The van der Waals surface area contributed by atoms with Gasteiger partial charge in [-0.3, -0.25) is 9.36 Å². The second kappa shape index (κ2) is 8.89. The van der Waals surface area contributed by atoms with Gasteiger partial charge in [-0.15, -0.1) is 5.10 Å². The fourth-order valence-electron chi connectivity index (χ4n) is 3.28. The summed E-state index contributed by atoms with van der Waals surface area (Å²) in [5, 5.41) is 6.92. The summed E-state index contributed by atoms with van der Waals surface area (Å²) in [6, 6.07) is 13.6. The van der Waals surface area contributed by atoms with Crippen molar-refractivity contribution in [3.05, 3.63) is 70.6 Å². The summed E-state index contributed by atoms with van der Waals surface area (Å²) in [4.78, 5) is 24.8. The van der Waals surface area contributed by atoms with Gasteiger partial charge in [0, 0.05) is 18.2 Å². The number of hydrogen-bond donors (Lipinski definition) is 1. The van der Waals surface area contributed by atoms with Gasteiger partial charge in [0.15, 0.2) is 12.4 Å². The first-order valence-electron chi connectivity index (χ1n) is 10.1. The van der Waals surface area contributed by atoms with Crippen LogP contribution >= 0.6 is 0 Å². The molecular formula is C22H21F3N4O3. The van der Waals surface area contributed by atoms with E-state index in [0.717, 1.165) is 25.0 Å². The number of alkyl halides is 3. The van der Waals surface area contributed by atoms with E-state index in [1.54, 1.807) is 24.3 Å². The third-order valence-electron chi connectivity index (χ3n) is 4.99. The Morgan fingerprint density at radius 2 is 1.88 bits per heavy atom. The first-order chi connectivity index (χ1) is 15.3. The number of hydrogen-bond acceptors (Lipinski definition) is 4. The van der Waals surface area contributed by atoms with Gasteiger partial charge >= 0.3 is 11.9 Å². The van der Waals surface area contributed by atoms with E-state index in [1.807, 2.05) is 6.07 Å². The molecule has 4 rings (SSSR count). The molecule has 0 unspecified atom stereocenters. The van der Waals surface area contributed by atoms with Crippen LogP contribution in [-0.4, -0.2) is 33.4 Å². The van der Waals surface area contributed by atoms with Gasteiger partial charge in [0.2, 0.25) is 0 Å². The molecule has 0 aliphatic heterocycles. The Hall–Kier alpha value is -3.56. The molecule has 0 bridgehead atoms. The first-order valence-corrected chi connectivity index (χ1v) is 10.1. The number of aromatic nitrogens is 3. The number of rotatable bonds is 8. The molecule has 1 amide bonds. The number of carbonyl (C=O) groups excluding carboxylic acids is 1. The molecule has 2 aromatic carbocycles. The fraction of sp³-hybridized carbons (Fsp3) is 0.318. The minimum Gasteiger partial charge on any atom is -0.484 e. The Morgan fingerprint density at radius 1 is 1.12 bits per heavy atom. The van der Waals surface area contributed by atoms with Crippen molar-refractivity contribution in [3.63, 3.8) is 0 Å². The quantitative estimate of drug-likeness (QED) is 0.576. The molecule has 168 valence electrons. The van der Waals surface area contributed by atoms with Gasteiger partial charge in [-0.1, -0.05) is 30.3 Å². The van der Waals surface area contributed by atoms with Crippen molar-refractivity contribution in [1.29, 1.82) is 0 Å². The summed E-state index contributed by atoms with van der Waals surface area (Å²) in [6.45, 7) is 0.0348. The van der Waals surface area contributed by atoms with Crippen LogP contribution in [0.25, 0.3) is 11.4 Å². The highest BCUT2D eigenvalue weighted by atomic mass is 19.4. The van der Waals surface area contributed by atoms with Crippen LogP contribution in [0.15, 0.2) is 59.4 Å². The summed E-state index contributed by atoms with van der Waals surface area (Å²) in [5.74, 6) is 0.400. The standard InChI is InChI=1S/C22H21F3N4O3/c23-22(24,25)16-6-4-5-15(13-16)20-27-28(21(31)29(20)17-9-10-17)12-11-26-19(30)14-32-18-7-2-1-3-8-18/h1-8,13,17H,9-12,14H2,(H,26,30). The largest absolute Gasteiger partial charge is 0.484 e. The second-order valence-corrected chi connectivity index (χ2v) is 7.46. The van der Waals surface area contributed by atoms with E-state index < -0.39 is 17.4 Å². The number of benzene rings is 2. The third-order valence-corrected chi connectivity index (χ3v) is 4.99. The molecule has 0 spiro atoms. The highest BCUT2D eigenvalue weighted by Gasteiger charge is 2.33. The normalized spacial score (nSPS) is 13.7. The van der Waals surface area contributed by atoms with Crippen LogP contribution < -0.4 is 15.7 Å². The van der Waals surface area contributed by atoms with Crippen molar-refractivity contribution < 1.29 is 22.7 Å². The fourth-order valence-corrected chi connectivity index (χ4v) is 3.28. The van der Waals surface area contributed by atoms with Gasteiger partial charge in [0.25, 0.3) is 5.91 Å². The highest BCUT2D eigenvalue weighted by molar-refractivity contribution is 5.77. The summed E-state index contributed by atoms with van der Waals surface area (Å²) >= 11 is 0. The van der Waals surface area contributed by atoms with Crippen LogP contribution in [0.4, 0.5) is 13.2 Å². The second-order valence-electron chi connectivity index (χ2n) is 7.46. The van der Waals surface area contributed by atoms with Crippen LogP contribution in [0, 0.1) is 0 Å². The Bertz CT molecular complexity index is 1150. The number of halogens is 3. The monoisotopic (exact) mass is 446 g/mol. The summed E-state index contributed by atoms with van der Waals surface area (Å²) in [7, 11) is 0. The molecular weight excluding hydrogens is 425 g/mol. The number of carbonyl (C=O) groups is 1. The number of ether oxygens (including phenoxy) is 1. The summed E-state index contributed by atoms with van der Waals surface area (Å²) in [6.07, 6.45) is -2.95. The Balaban J connectivity index is 1.44. The molecule has 1 aliphatic carbocycles. The number of nitrogens with one attached hydrogen (secondary N) is 1. The van der Waals surface area contributed by atoms with E-state index >= 15 is 0 Å². The zero-order chi connectivity index (χ0) is 22.7. The Labute approximate surface area is 181 Å². The average Bonchev–Trinajstić information content (AvgIpc) is 3.56. The minimum atomic E-state index is -4.49.